The second kappa shape index (κ2) is 9.32. The Hall–Kier alpha value is -2.21. The molecule has 2 N–H and O–H groups in total. The normalized spacial score (nSPS) is 10.9. The van der Waals surface area contributed by atoms with Gasteiger partial charge < -0.3 is 0 Å². The first kappa shape index (κ1) is 20.5. The zero-order valence-corrected chi connectivity index (χ0v) is 18.9. The van der Waals surface area contributed by atoms with Gasteiger partial charge in [-0.25, -0.2) is 0 Å². The summed E-state index contributed by atoms with van der Waals surface area (Å²) in [6.45, 7) is 0. The van der Waals surface area contributed by atoms with Crippen molar-refractivity contribution < 1.29 is 19.5 Å². The van der Waals surface area contributed by atoms with E-state index in [1.54, 1.807) is 41.7 Å². The number of hydrogen-bond acceptors (Lipinski definition) is 4. The van der Waals surface area contributed by atoms with E-state index >= 15 is 0 Å². The van der Waals surface area contributed by atoms with E-state index in [0.717, 1.165) is 9.23 Å². The van der Waals surface area contributed by atoms with Crippen LogP contribution in [0.3, 0.4) is 0 Å². The van der Waals surface area contributed by atoms with E-state index in [2.05, 4.69) is 21.2 Å². The van der Waals surface area contributed by atoms with Gasteiger partial charge in [-0.2, -0.15) is 0 Å². The molecule has 1 unspecified atom stereocenters. The molecule has 8 heteroatoms. The van der Waals surface area contributed by atoms with Gasteiger partial charge in [0.1, 0.15) is 0 Å². The van der Waals surface area contributed by atoms with E-state index < -0.39 is 27.6 Å². The van der Waals surface area contributed by atoms with E-state index in [1.165, 1.54) is 12.1 Å². The van der Waals surface area contributed by atoms with Gasteiger partial charge in [0, 0.05) is 0 Å². The van der Waals surface area contributed by atoms with Gasteiger partial charge in [0.25, 0.3) is 0 Å². The number of carboxylic acids is 1. The van der Waals surface area contributed by atoms with Crippen molar-refractivity contribution in [1.82, 2.24) is 0 Å². The summed E-state index contributed by atoms with van der Waals surface area (Å²) in [7, 11) is 0. The van der Waals surface area contributed by atoms with Crippen LogP contribution in [-0.2, 0) is 11.2 Å². The molecule has 0 saturated carbocycles. The number of aromatic carboxylic acids is 1. The maximum absolute atomic E-state index is 12.4. The molecule has 0 aliphatic carbocycles. The number of halogens is 1. The van der Waals surface area contributed by atoms with Crippen LogP contribution in [0.5, 0.6) is 0 Å². The summed E-state index contributed by atoms with van der Waals surface area (Å²) in [5.41, 5.74) is 0.634. The summed E-state index contributed by atoms with van der Waals surface area (Å²) >= 11 is 3.86. The van der Waals surface area contributed by atoms with Crippen molar-refractivity contribution in [3.05, 3.63) is 80.5 Å². The van der Waals surface area contributed by atoms with Crippen LogP contribution in [0, 0.1) is 0 Å². The van der Waals surface area contributed by atoms with Gasteiger partial charge in [-0.05, 0) is 0 Å². The van der Waals surface area contributed by atoms with Gasteiger partial charge in [0.05, 0.1) is 0 Å². The zero-order chi connectivity index (χ0) is 20.1. The molecule has 1 heterocycles. The molecule has 3 rings (SSSR count). The van der Waals surface area contributed by atoms with Crippen molar-refractivity contribution in [2.24, 2.45) is 0 Å². The molecule has 0 bridgehead atoms. The predicted octanol–water partition coefficient (Wildman–Crippen LogP) is 3.29. The van der Waals surface area contributed by atoms with E-state index in [4.69, 9.17) is 0 Å². The second-order valence-corrected chi connectivity index (χ2v) is 10.7. The molecule has 5 nitrogen and oxygen atoms in total. The van der Waals surface area contributed by atoms with Gasteiger partial charge in [0.2, 0.25) is 0 Å². The third-order valence-electron chi connectivity index (χ3n) is 3.81. The average Bonchev–Trinajstić information content (AvgIpc) is 3.16. The molecule has 1 atom stereocenters. The first-order valence-electron chi connectivity index (χ1n) is 8.19. The minimum atomic E-state index is -1.12. The predicted molar refractivity (Wildman–Crippen MR) is 115 cm³/mol. The average molecular weight is 520 g/mol. The van der Waals surface area contributed by atoms with Crippen LogP contribution in [0.2, 0.25) is 0 Å². The van der Waals surface area contributed by atoms with E-state index in [1.807, 2.05) is 17.5 Å². The fourth-order valence-electron chi connectivity index (χ4n) is 2.48. The zero-order valence-electron chi connectivity index (χ0n) is 14.4. The molecule has 3 aromatic rings. The molecule has 28 heavy (non-hydrogen) atoms. The molecule has 0 radical (unpaired) electrons. The summed E-state index contributed by atoms with van der Waals surface area (Å²) in [6, 6.07) is 15.4. The first-order valence-corrected chi connectivity index (χ1v) is 12.0. The summed E-state index contributed by atoms with van der Waals surface area (Å²) in [5, 5.41) is 13.9. The van der Waals surface area contributed by atoms with Gasteiger partial charge in [-0.1, -0.05) is 0 Å². The number of nitrogens with one attached hydrogen (secondary N) is 1. The summed E-state index contributed by atoms with van der Waals surface area (Å²) in [5.74, 6) is -1.53. The summed E-state index contributed by atoms with van der Waals surface area (Å²) in [4.78, 5) is 37.1. The number of carbonyl (C=O) groups excluding carboxylic acids is 2. The molecular weight excluding hydrogens is 505 g/mol. The second-order valence-electron chi connectivity index (χ2n) is 5.83. The molecule has 0 saturated heterocycles. The molecule has 0 aliphatic heterocycles. The fraction of sp³-hybridized carbons (Fsp3) is 0.0500. The maximum atomic E-state index is 12.4. The van der Waals surface area contributed by atoms with Crippen LogP contribution in [0.15, 0.2) is 64.5 Å². The van der Waals surface area contributed by atoms with Crippen LogP contribution < -0.4 is 9.67 Å². The number of rotatable bonds is 7. The number of thiophene rings is 1. The number of carbonyl (C=O) groups is 3. The Morgan fingerprint density at radius 3 is 2.46 bits per heavy atom. The number of hydrogen-bond donors (Lipinski definition) is 2. The van der Waals surface area contributed by atoms with Gasteiger partial charge in [-0.15, -0.1) is 0 Å². The Morgan fingerprint density at radius 2 is 1.82 bits per heavy atom. The topological polar surface area (TPSA) is 83.5 Å². The van der Waals surface area contributed by atoms with E-state index in [-0.39, 0.29) is 15.8 Å². The Balaban J connectivity index is 1.65. The number of amides is 1. The Kier molecular flexibility index (Phi) is 6.83. The molecular formula is C20H15AsBrNO4S. The molecule has 2 aromatic carbocycles. The van der Waals surface area contributed by atoms with Crippen LogP contribution >= 0.6 is 27.3 Å². The van der Waals surface area contributed by atoms with Crippen molar-refractivity contribution >= 4 is 69.5 Å². The van der Waals surface area contributed by atoms with Crippen molar-refractivity contribution in [3.8, 4) is 0 Å². The minimum absolute atomic E-state index is 0.00480. The Labute approximate surface area is 180 Å². The summed E-state index contributed by atoms with van der Waals surface area (Å²) in [6.07, 6.45) is 0.460. The van der Waals surface area contributed by atoms with Gasteiger partial charge >= 0.3 is 181 Å². The van der Waals surface area contributed by atoms with E-state index in [0.29, 0.717) is 16.5 Å². The van der Waals surface area contributed by atoms with Crippen LogP contribution in [0.25, 0.3) is 0 Å². The van der Waals surface area contributed by atoms with Crippen LogP contribution in [0.1, 0.15) is 25.6 Å². The molecule has 1 amide bonds. The Bertz CT molecular complexity index is 1020. The van der Waals surface area contributed by atoms with Gasteiger partial charge in [0.15, 0.2) is 0 Å². The van der Waals surface area contributed by atoms with E-state index in [9.17, 15) is 19.5 Å². The molecule has 0 fully saturated rings. The number of carboxylic acid groups (broad SMARTS) is 1. The Morgan fingerprint density at radius 1 is 1.07 bits per heavy atom. The van der Waals surface area contributed by atoms with Crippen molar-refractivity contribution in [3.63, 3.8) is 0 Å². The number of anilines is 1. The monoisotopic (exact) mass is 519 g/mol. The SMILES string of the molecule is O=C(Cc1cccs1)[AsH]c1ccc(C(=O)Nc2ccc(Br)cc2C(=O)O)cc1. The van der Waals surface area contributed by atoms with Crippen LogP contribution in [-0.4, -0.2) is 37.3 Å². The standard InChI is InChI=1S/C20H15AsBrNO4S/c22-14-7-8-17(16(10-14)20(26)27)23-19(25)12-3-5-13(6-4-12)21-18(24)11-15-2-1-9-28-15/h1-10,21H,11H2,(H,23,25)(H,26,27). The first-order chi connectivity index (χ1) is 13.4. The third kappa shape index (κ3) is 5.41. The van der Waals surface area contributed by atoms with Crippen molar-refractivity contribution in [2.75, 3.05) is 5.32 Å². The summed E-state index contributed by atoms with van der Waals surface area (Å²) < 4.78 is 1.80. The van der Waals surface area contributed by atoms with Crippen LogP contribution in [0.4, 0.5) is 5.69 Å². The molecule has 1 aromatic heterocycles. The third-order valence-corrected chi connectivity index (χ3v) is 7.44. The molecule has 0 aliphatic rings. The fourth-order valence-corrected chi connectivity index (χ4v) is 5.77. The van der Waals surface area contributed by atoms with Crippen molar-refractivity contribution in [2.45, 2.75) is 6.42 Å². The molecule has 0 spiro atoms. The number of benzene rings is 2. The molecule has 142 valence electrons. The van der Waals surface area contributed by atoms with Gasteiger partial charge in [-0.3, -0.25) is 0 Å². The quantitative estimate of drug-likeness (QED) is 0.469. The van der Waals surface area contributed by atoms with Crippen molar-refractivity contribution in [1.29, 1.82) is 0 Å².